The lowest BCUT2D eigenvalue weighted by Gasteiger charge is -2.23. The van der Waals surface area contributed by atoms with Crippen molar-refractivity contribution in [2.75, 3.05) is 0 Å². The number of allylic oxidation sites excluding steroid dienone is 4. The molecule has 0 N–H and O–H groups in total. The summed E-state index contributed by atoms with van der Waals surface area (Å²) in [6, 6.07) is 5.94. The van der Waals surface area contributed by atoms with E-state index in [1.807, 2.05) is 20.8 Å². The summed E-state index contributed by atoms with van der Waals surface area (Å²) in [5, 5.41) is 3.78. The number of hydrogen-bond donors (Lipinski definition) is 0. The second-order valence-corrected chi connectivity index (χ2v) is 8.34. The van der Waals surface area contributed by atoms with Crippen LogP contribution in [0.3, 0.4) is 0 Å². The standard InChI is InChI=1S/C17H18ClNO4S/c1-11-9-15(20)12(17(2,3)4)10-14(11)19-23-24(21,22)16-8-6-5-7-13(16)18/h5-10H,1-4H3/b19-14+. The van der Waals surface area contributed by atoms with Gasteiger partial charge in [-0.3, -0.25) is 9.08 Å². The van der Waals surface area contributed by atoms with Crippen LogP contribution in [-0.4, -0.2) is 19.9 Å². The summed E-state index contributed by atoms with van der Waals surface area (Å²) in [6.07, 6.45) is 2.98. The molecule has 0 fully saturated rings. The number of carbonyl (C=O) groups is 1. The monoisotopic (exact) mass is 367 g/mol. The van der Waals surface area contributed by atoms with E-state index in [9.17, 15) is 13.2 Å². The second kappa shape index (κ2) is 6.53. The van der Waals surface area contributed by atoms with Gasteiger partial charge in [0, 0.05) is 5.57 Å². The molecule has 5 nitrogen and oxygen atoms in total. The molecule has 0 atom stereocenters. The maximum Gasteiger partial charge on any atom is 0.359 e. The quantitative estimate of drug-likeness (QED) is 0.599. The van der Waals surface area contributed by atoms with Crippen molar-refractivity contribution >= 4 is 33.2 Å². The van der Waals surface area contributed by atoms with E-state index >= 15 is 0 Å². The van der Waals surface area contributed by atoms with Gasteiger partial charge in [-0.05, 0) is 42.2 Å². The van der Waals surface area contributed by atoms with Gasteiger partial charge in [0.15, 0.2) is 5.78 Å². The molecule has 0 radical (unpaired) electrons. The zero-order valence-electron chi connectivity index (χ0n) is 13.8. The number of ketones is 1. The van der Waals surface area contributed by atoms with Crippen LogP contribution in [0.5, 0.6) is 0 Å². The van der Waals surface area contributed by atoms with Crippen LogP contribution in [0.4, 0.5) is 0 Å². The average molecular weight is 368 g/mol. The van der Waals surface area contributed by atoms with Crippen LogP contribution in [0.1, 0.15) is 27.7 Å². The Balaban J connectivity index is 2.37. The van der Waals surface area contributed by atoms with E-state index in [0.29, 0.717) is 11.1 Å². The van der Waals surface area contributed by atoms with E-state index in [4.69, 9.17) is 15.9 Å². The van der Waals surface area contributed by atoms with Crippen molar-refractivity contribution in [3.63, 3.8) is 0 Å². The molecule has 0 heterocycles. The number of benzene rings is 1. The van der Waals surface area contributed by atoms with Gasteiger partial charge in [-0.25, -0.2) is 0 Å². The van der Waals surface area contributed by atoms with Crippen molar-refractivity contribution in [1.29, 1.82) is 0 Å². The van der Waals surface area contributed by atoms with Crippen LogP contribution in [0.15, 0.2) is 57.6 Å². The molecule has 7 heteroatoms. The summed E-state index contributed by atoms with van der Waals surface area (Å²) in [6.45, 7) is 7.34. The molecule has 1 aliphatic carbocycles. The smallest absolute Gasteiger partial charge is 0.290 e. The third-order valence-electron chi connectivity index (χ3n) is 3.45. The number of rotatable bonds is 3. The Kier molecular flexibility index (Phi) is 5.01. The van der Waals surface area contributed by atoms with Gasteiger partial charge < -0.3 is 0 Å². The first kappa shape index (κ1) is 18.4. The summed E-state index contributed by atoms with van der Waals surface area (Å²) in [7, 11) is -4.14. The van der Waals surface area contributed by atoms with Gasteiger partial charge in [-0.15, -0.1) is 0 Å². The third kappa shape index (κ3) is 3.94. The summed E-state index contributed by atoms with van der Waals surface area (Å²) < 4.78 is 29.2. The molecular formula is C17H18ClNO4S. The van der Waals surface area contributed by atoms with Crippen LogP contribution in [0.2, 0.25) is 5.02 Å². The lowest BCUT2D eigenvalue weighted by atomic mass is 9.80. The molecule has 0 aliphatic heterocycles. The molecule has 0 spiro atoms. The van der Waals surface area contributed by atoms with Crippen LogP contribution in [-0.2, 0) is 19.2 Å². The Labute approximate surface area is 146 Å². The van der Waals surface area contributed by atoms with Gasteiger partial charge >= 0.3 is 10.1 Å². The topological polar surface area (TPSA) is 72.8 Å². The lowest BCUT2D eigenvalue weighted by Crippen LogP contribution is -2.22. The molecule has 2 rings (SSSR count). The lowest BCUT2D eigenvalue weighted by molar-refractivity contribution is -0.112. The Morgan fingerprint density at radius 2 is 1.75 bits per heavy atom. The maximum absolute atomic E-state index is 12.2. The average Bonchev–Trinajstić information content (AvgIpc) is 2.45. The zero-order valence-corrected chi connectivity index (χ0v) is 15.4. The Hall–Kier alpha value is -1.92. The van der Waals surface area contributed by atoms with E-state index in [-0.39, 0.29) is 21.4 Å². The Bertz CT molecular complexity index is 874. The van der Waals surface area contributed by atoms with Crippen molar-refractivity contribution in [2.45, 2.75) is 32.6 Å². The van der Waals surface area contributed by atoms with Crippen LogP contribution >= 0.6 is 11.6 Å². The maximum atomic E-state index is 12.2. The molecular weight excluding hydrogens is 350 g/mol. The number of carbonyl (C=O) groups excluding carboxylic acids is 1. The van der Waals surface area contributed by atoms with Gasteiger partial charge in [0.1, 0.15) is 10.6 Å². The van der Waals surface area contributed by atoms with Crippen LogP contribution < -0.4 is 0 Å². The fourth-order valence-electron chi connectivity index (χ4n) is 2.13. The molecule has 1 aromatic rings. The highest BCUT2D eigenvalue weighted by Crippen LogP contribution is 2.30. The summed E-state index contributed by atoms with van der Waals surface area (Å²) in [4.78, 5) is 11.9. The largest absolute Gasteiger partial charge is 0.359 e. The minimum Gasteiger partial charge on any atom is -0.290 e. The van der Waals surface area contributed by atoms with Crippen LogP contribution in [0.25, 0.3) is 0 Å². The van der Waals surface area contributed by atoms with Crippen molar-refractivity contribution in [3.05, 3.63) is 52.6 Å². The molecule has 0 aromatic heterocycles. The summed E-state index contributed by atoms with van der Waals surface area (Å²) >= 11 is 5.89. The van der Waals surface area contributed by atoms with E-state index < -0.39 is 15.5 Å². The van der Waals surface area contributed by atoms with Gasteiger partial charge in [0.25, 0.3) is 0 Å². The molecule has 0 unspecified atom stereocenters. The van der Waals surface area contributed by atoms with E-state index in [0.717, 1.165) is 0 Å². The number of nitrogens with zero attached hydrogens (tertiary/aromatic N) is 1. The Morgan fingerprint density at radius 1 is 1.12 bits per heavy atom. The zero-order chi connectivity index (χ0) is 18.1. The van der Waals surface area contributed by atoms with Crippen LogP contribution in [0, 0.1) is 5.41 Å². The van der Waals surface area contributed by atoms with Gasteiger partial charge in [0.05, 0.1) is 5.02 Å². The van der Waals surface area contributed by atoms with Crippen molar-refractivity contribution in [3.8, 4) is 0 Å². The second-order valence-electron chi connectivity index (χ2n) is 6.44. The summed E-state index contributed by atoms with van der Waals surface area (Å²) in [5.74, 6) is -0.118. The van der Waals surface area contributed by atoms with Crippen molar-refractivity contribution in [1.82, 2.24) is 0 Å². The fourth-order valence-corrected chi connectivity index (χ4v) is 3.36. The molecule has 1 aliphatic rings. The summed E-state index contributed by atoms with van der Waals surface area (Å²) in [5.41, 5.74) is 0.958. The predicted octanol–water partition coefficient (Wildman–Crippen LogP) is 3.90. The first-order chi connectivity index (χ1) is 11.0. The highest BCUT2D eigenvalue weighted by molar-refractivity contribution is 7.86. The highest BCUT2D eigenvalue weighted by atomic mass is 35.5. The molecule has 24 heavy (non-hydrogen) atoms. The van der Waals surface area contributed by atoms with Crippen molar-refractivity contribution < 1.29 is 17.5 Å². The first-order valence-corrected chi connectivity index (χ1v) is 9.02. The molecule has 0 amide bonds. The molecule has 0 saturated heterocycles. The van der Waals surface area contributed by atoms with Gasteiger partial charge in [-0.1, -0.05) is 49.7 Å². The number of hydrogen-bond acceptors (Lipinski definition) is 5. The third-order valence-corrected chi connectivity index (χ3v) is 5.05. The molecule has 0 saturated carbocycles. The van der Waals surface area contributed by atoms with Gasteiger partial charge in [-0.2, -0.15) is 8.42 Å². The van der Waals surface area contributed by atoms with E-state index in [1.54, 1.807) is 19.1 Å². The molecule has 1 aromatic carbocycles. The normalized spacial score (nSPS) is 17.5. The SMILES string of the molecule is CC1=CC(=O)C(C(C)(C)C)=C/C1=N\OS(=O)(=O)c1ccccc1Cl. The minimum absolute atomic E-state index is 0.0507. The van der Waals surface area contributed by atoms with Gasteiger partial charge in [0.2, 0.25) is 0 Å². The van der Waals surface area contributed by atoms with Crippen molar-refractivity contribution in [2.24, 2.45) is 10.6 Å². The predicted molar refractivity (Wildman–Crippen MR) is 93.5 cm³/mol. The number of oxime groups is 1. The molecule has 0 bridgehead atoms. The highest BCUT2D eigenvalue weighted by Gasteiger charge is 2.27. The number of halogens is 1. The minimum atomic E-state index is -4.14. The first-order valence-electron chi connectivity index (χ1n) is 7.24. The molecule has 128 valence electrons. The Morgan fingerprint density at radius 3 is 2.33 bits per heavy atom. The van der Waals surface area contributed by atoms with E-state index in [1.165, 1.54) is 24.3 Å². The fraction of sp³-hybridized carbons (Fsp3) is 0.294. The van der Waals surface area contributed by atoms with E-state index in [2.05, 4.69) is 5.16 Å².